The van der Waals surface area contributed by atoms with Crippen LogP contribution in [0.2, 0.25) is 0 Å². The van der Waals surface area contributed by atoms with Gasteiger partial charge in [-0.05, 0) is 96.5 Å². The summed E-state index contributed by atoms with van der Waals surface area (Å²) in [6.45, 7) is 6.95. The van der Waals surface area contributed by atoms with Gasteiger partial charge in [0.1, 0.15) is 61.0 Å². The summed E-state index contributed by atoms with van der Waals surface area (Å²) in [6, 6.07) is -6.15. The fourth-order valence-electron chi connectivity index (χ4n) is 8.53. The van der Waals surface area contributed by atoms with Crippen LogP contribution in [0.3, 0.4) is 0 Å². The van der Waals surface area contributed by atoms with Gasteiger partial charge in [-0.2, -0.15) is 11.8 Å². The molecule has 474 valence electrons. The van der Waals surface area contributed by atoms with E-state index in [9.17, 15) is 63.0 Å². The summed E-state index contributed by atoms with van der Waals surface area (Å²) in [5.41, 5.74) is 30.2. The van der Waals surface area contributed by atoms with Gasteiger partial charge in [0.15, 0.2) is 0 Å². The molecule has 2 rings (SSSR count). The van der Waals surface area contributed by atoms with Crippen LogP contribution in [0.25, 0.3) is 0 Å². The lowest BCUT2D eigenvalue weighted by molar-refractivity contribution is -0.143. The van der Waals surface area contributed by atoms with E-state index >= 15 is 0 Å². The number of carbonyl (C=O) groups excluding carboxylic acids is 11. The molecular weight excluding hydrogens is 1110 g/mol. The van der Waals surface area contributed by atoms with Crippen molar-refractivity contribution in [1.29, 1.82) is 0 Å². The topological polar surface area (TPSA) is 488 Å². The minimum atomic E-state index is -1.68. The number of carbonyl (C=O) groups is 11. The third-order valence-electron chi connectivity index (χ3n) is 13.2. The number of thioether (sulfide) groups is 1. The Morgan fingerprint density at radius 2 is 1.20 bits per heavy atom. The van der Waals surface area contributed by atoms with Gasteiger partial charge < -0.3 is 96.8 Å². The summed E-state index contributed by atoms with van der Waals surface area (Å²) >= 11 is 1.21. The van der Waals surface area contributed by atoms with Crippen molar-refractivity contribution >= 4 is 76.8 Å². The van der Waals surface area contributed by atoms with Gasteiger partial charge in [-0.1, -0.05) is 63.9 Å². The molecule has 30 heteroatoms. The predicted octanol–water partition coefficient (Wildman–Crippen LogP) is -5.50. The monoisotopic (exact) mass is 1210 g/mol. The number of aliphatic hydroxyl groups is 2. The molecule has 0 spiro atoms. The molecule has 0 aliphatic carbocycles. The van der Waals surface area contributed by atoms with E-state index in [1.807, 2.05) is 6.92 Å². The third kappa shape index (κ3) is 27.0. The van der Waals surface area contributed by atoms with E-state index in [1.165, 1.54) is 25.6 Å². The van der Waals surface area contributed by atoms with E-state index in [4.69, 9.17) is 33.4 Å². The molecule has 12 atom stereocenters. The fraction of sp³-hybridized carbons (Fsp3) is 0.685. The molecule has 0 bridgehead atoms. The second-order valence-electron chi connectivity index (χ2n) is 20.9. The summed E-state index contributed by atoms with van der Waals surface area (Å²) in [7, 11) is 0. The van der Waals surface area contributed by atoms with Gasteiger partial charge >= 0.3 is 5.97 Å². The summed E-state index contributed by atoms with van der Waals surface area (Å²) in [4.78, 5) is 152. The van der Waals surface area contributed by atoms with Crippen LogP contribution < -0.4 is 81.8 Å². The van der Waals surface area contributed by atoms with Crippen LogP contribution in [0, 0.1) is 5.92 Å². The van der Waals surface area contributed by atoms with Crippen LogP contribution >= 0.6 is 11.8 Å². The molecule has 84 heavy (non-hydrogen) atoms. The Morgan fingerprint density at radius 3 is 1.74 bits per heavy atom. The number of ether oxygens (including phenoxy) is 1. The van der Waals surface area contributed by atoms with E-state index < -0.39 is 145 Å². The number of hydrogen-bond acceptors (Lipinski definition) is 20. The number of benzene rings is 1. The Balaban J connectivity index is 2.61. The first-order chi connectivity index (χ1) is 39.9. The molecule has 29 nitrogen and oxygen atoms in total. The number of unbranched alkanes of at least 4 members (excludes halogenated alkanes) is 2. The van der Waals surface area contributed by atoms with Crippen molar-refractivity contribution < 1.29 is 67.7 Å². The van der Waals surface area contributed by atoms with Crippen molar-refractivity contribution in [3.8, 4) is 0 Å². The van der Waals surface area contributed by atoms with E-state index in [2.05, 4.69) is 53.2 Å². The molecule has 1 aromatic rings. The van der Waals surface area contributed by atoms with Gasteiger partial charge in [0, 0.05) is 30.9 Å². The van der Waals surface area contributed by atoms with Gasteiger partial charge in [0.25, 0.3) is 0 Å². The second kappa shape index (κ2) is 39.9. The Labute approximate surface area is 495 Å². The first-order valence-corrected chi connectivity index (χ1v) is 29.8. The van der Waals surface area contributed by atoms with Crippen molar-refractivity contribution in [3.05, 3.63) is 35.9 Å². The Bertz CT molecular complexity index is 2290. The number of hydrogen-bond donors (Lipinski definition) is 17. The van der Waals surface area contributed by atoms with Gasteiger partial charge in [-0.25, -0.2) is 0 Å². The average molecular weight is 1210 g/mol. The predicted molar refractivity (Wildman–Crippen MR) is 313 cm³/mol. The number of amides is 10. The van der Waals surface area contributed by atoms with E-state index in [0.717, 1.165) is 12.8 Å². The highest BCUT2D eigenvalue weighted by molar-refractivity contribution is 7.99. The van der Waals surface area contributed by atoms with Gasteiger partial charge in [-0.3, -0.25) is 52.7 Å². The van der Waals surface area contributed by atoms with Crippen LogP contribution in [0.15, 0.2) is 30.3 Å². The summed E-state index contributed by atoms with van der Waals surface area (Å²) < 4.78 is 5.21. The highest BCUT2D eigenvalue weighted by Crippen LogP contribution is 2.12. The maximum atomic E-state index is 14.5. The normalized spacial score (nSPS) is 22.6. The molecule has 1 aliphatic heterocycles. The SMILES string of the molecule is CCCCCC(=O)OCCSC[C@@H](N)C(=O)N[C@H](C(=O)N[C@@H](CCN)C(=O)N[C@H]1CCNC(=O)[C@H]([C@@H](C)O)NC(=O)[C@H](CCN)NC(=O)[C@H](CCN)NC(=O)[C@H](CC(C)C)NC(=O)[C@@H](Cc2ccccc2)NC(=O)[C@H](CCN)NC1=O)[C@@H](C)O. The molecule has 0 unspecified atom stereocenters. The highest BCUT2D eigenvalue weighted by Gasteiger charge is 2.37. The van der Waals surface area contributed by atoms with Crippen molar-refractivity contribution in [2.45, 2.75) is 178 Å². The fourth-order valence-corrected chi connectivity index (χ4v) is 9.31. The lowest BCUT2D eigenvalue weighted by Gasteiger charge is -2.28. The zero-order valence-electron chi connectivity index (χ0n) is 48.9. The van der Waals surface area contributed by atoms with E-state index in [0.29, 0.717) is 24.2 Å². The van der Waals surface area contributed by atoms with Crippen LogP contribution in [-0.4, -0.2) is 199 Å². The van der Waals surface area contributed by atoms with Crippen LogP contribution in [-0.2, 0) is 63.9 Å². The Morgan fingerprint density at radius 1 is 0.667 bits per heavy atom. The minimum absolute atomic E-state index is 0.0461. The summed E-state index contributed by atoms with van der Waals surface area (Å²) in [5.74, 6) is -9.45. The lowest BCUT2D eigenvalue weighted by Crippen LogP contribution is -2.62. The number of esters is 1. The zero-order valence-corrected chi connectivity index (χ0v) is 49.7. The van der Waals surface area contributed by atoms with Crippen LogP contribution in [0.1, 0.15) is 104 Å². The molecule has 1 fully saturated rings. The number of nitrogens with one attached hydrogen (secondary N) is 10. The third-order valence-corrected chi connectivity index (χ3v) is 14.3. The maximum Gasteiger partial charge on any atom is 0.305 e. The molecule has 1 aromatic carbocycles. The highest BCUT2D eigenvalue weighted by atomic mass is 32.2. The zero-order chi connectivity index (χ0) is 62.9. The van der Waals surface area contributed by atoms with Gasteiger partial charge in [0.2, 0.25) is 59.1 Å². The van der Waals surface area contributed by atoms with Crippen molar-refractivity contribution in [1.82, 2.24) is 53.2 Å². The summed E-state index contributed by atoms with van der Waals surface area (Å²) in [6.07, 6.45) is -1.58. The lowest BCUT2D eigenvalue weighted by atomic mass is 10.00. The van der Waals surface area contributed by atoms with Crippen molar-refractivity contribution in [2.75, 3.05) is 50.8 Å². The van der Waals surface area contributed by atoms with E-state index in [-0.39, 0.29) is 89.0 Å². The van der Waals surface area contributed by atoms with E-state index in [1.54, 1.807) is 44.2 Å². The van der Waals surface area contributed by atoms with Crippen molar-refractivity contribution in [2.24, 2.45) is 34.6 Å². The first kappa shape index (κ1) is 73.6. The molecular formula is C54H93N15O14S. The molecule has 0 radical (unpaired) electrons. The largest absolute Gasteiger partial charge is 0.465 e. The Kier molecular flexibility index (Phi) is 34.9. The van der Waals surface area contributed by atoms with Crippen molar-refractivity contribution in [3.63, 3.8) is 0 Å². The molecule has 10 amide bonds. The van der Waals surface area contributed by atoms with Crippen LogP contribution in [0.5, 0.6) is 0 Å². The quantitative estimate of drug-likeness (QED) is 0.0263. The number of aliphatic hydroxyl groups excluding tert-OH is 2. The molecule has 0 saturated carbocycles. The average Bonchev–Trinajstić information content (AvgIpc) is 3.65. The summed E-state index contributed by atoms with van der Waals surface area (Å²) in [5, 5.41) is 46.8. The molecule has 0 aromatic heterocycles. The second-order valence-corrected chi connectivity index (χ2v) is 22.1. The molecule has 1 saturated heterocycles. The molecule has 1 heterocycles. The molecule has 22 N–H and O–H groups in total. The maximum absolute atomic E-state index is 14.5. The number of nitrogens with two attached hydrogens (primary N) is 5. The number of rotatable bonds is 29. The standard InChI is InChI=1S/C54H93N15O14S/c1-6-7-9-14-42(72)83-25-26-84-29-34(59)45(73)68-44(32(5)71)54(82)65-37(17-22-57)47(75)64-39-19-24-60-53(81)43(31(4)70)69-50(78)38(18-23-58)62-46(74)35(15-20-55)63-51(79)40(27-30(2)3)66-52(80)41(28-33-12-10-8-11-13-33)67-48(76)36(16-21-56)61-49(39)77/h8,10-13,30-32,34-41,43-44,70-71H,6-7,9,14-29,55-59H2,1-5H3,(H,60,81)(H,61,77)(H,62,74)(H,63,79)(H,64,75)(H,65,82)(H,66,80)(H,67,76)(H,68,73)(H,69,78)/t31-,32-,34-,35+,36+,37+,38+,39+,40+,41-,43+,44+/m1/s1. The van der Waals surface area contributed by atoms with Gasteiger partial charge in [0.05, 0.1) is 18.2 Å². The van der Waals surface area contributed by atoms with Gasteiger partial charge in [-0.15, -0.1) is 0 Å². The first-order valence-electron chi connectivity index (χ1n) is 28.6. The van der Waals surface area contributed by atoms with Crippen LogP contribution in [0.4, 0.5) is 0 Å². The minimum Gasteiger partial charge on any atom is -0.465 e. The smallest absolute Gasteiger partial charge is 0.305 e. The Hall–Kier alpha value is -6.54. The molecule has 1 aliphatic rings.